The lowest BCUT2D eigenvalue weighted by atomic mass is 10.1. The molecule has 5 nitrogen and oxygen atoms in total. The van der Waals surface area contributed by atoms with Gasteiger partial charge in [-0.2, -0.15) is 0 Å². The van der Waals surface area contributed by atoms with E-state index in [1.165, 1.54) is 16.0 Å². The van der Waals surface area contributed by atoms with E-state index in [1.54, 1.807) is 0 Å². The van der Waals surface area contributed by atoms with Gasteiger partial charge >= 0.3 is 0 Å². The number of guanidine groups is 1. The van der Waals surface area contributed by atoms with Gasteiger partial charge in [-0.3, -0.25) is 4.90 Å². The van der Waals surface area contributed by atoms with Crippen LogP contribution >= 0.6 is 35.7 Å². The number of morpholine rings is 1. The zero-order valence-corrected chi connectivity index (χ0v) is 20.8. The number of benzene rings is 2. The number of nitrogens with zero attached hydrogens (tertiary/aromatic N) is 2. The first-order chi connectivity index (χ1) is 14.3. The second-order valence-electron chi connectivity index (χ2n) is 6.99. The highest BCUT2D eigenvalue weighted by molar-refractivity contribution is 14.0. The molecule has 2 aromatic rings. The van der Waals surface area contributed by atoms with Crippen LogP contribution in [0.4, 0.5) is 0 Å². The van der Waals surface area contributed by atoms with Crippen molar-refractivity contribution in [3.63, 3.8) is 0 Å². The number of halogens is 1. The van der Waals surface area contributed by atoms with Gasteiger partial charge in [0, 0.05) is 43.4 Å². The zero-order chi connectivity index (χ0) is 20.2. The van der Waals surface area contributed by atoms with Crippen LogP contribution in [0.3, 0.4) is 0 Å². The fourth-order valence-electron chi connectivity index (χ4n) is 3.21. The number of thioether (sulfide) groups is 1. The summed E-state index contributed by atoms with van der Waals surface area (Å²) in [5.41, 5.74) is 2.59. The Kier molecular flexibility index (Phi) is 12.2. The van der Waals surface area contributed by atoms with E-state index in [4.69, 9.17) is 9.73 Å². The minimum Gasteiger partial charge on any atom is -0.379 e. The van der Waals surface area contributed by atoms with Gasteiger partial charge in [0.15, 0.2) is 5.96 Å². The molecule has 0 atom stereocenters. The Labute approximate surface area is 202 Å². The average Bonchev–Trinajstić information content (AvgIpc) is 2.77. The Bertz CT molecular complexity index is 754. The number of nitrogens with one attached hydrogen (secondary N) is 2. The van der Waals surface area contributed by atoms with Crippen molar-refractivity contribution >= 4 is 41.7 Å². The fraction of sp³-hybridized carbons (Fsp3) is 0.435. The molecule has 0 bridgehead atoms. The molecule has 0 aliphatic carbocycles. The van der Waals surface area contributed by atoms with Crippen LogP contribution in [0.2, 0.25) is 0 Å². The molecule has 0 radical (unpaired) electrons. The van der Waals surface area contributed by atoms with E-state index in [2.05, 4.69) is 71.0 Å². The van der Waals surface area contributed by atoms with Gasteiger partial charge in [0.25, 0.3) is 0 Å². The molecule has 164 valence electrons. The summed E-state index contributed by atoms with van der Waals surface area (Å²) in [6.07, 6.45) is 0. The van der Waals surface area contributed by atoms with Crippen LogP contribution in [0.5, 0.6) is 0 Å². The first kappa shape index (κ1) is 25.0. The molecule has 2 N–H and O–H groups in total. The highest BCUT2D eigenvalue weighted by Gasteiger charge is 2.10. The van der Waals surface area contributed by atoms with Gasteiger partial charge < -0.3 is 15.4 Å². The summed E-state index contributed by atoms with van der Waals surface area (Å²) in [4.78, 5) is 8.51. The van der Waals surface area contributed by atoms with E-state index in [1.807, 2.05) is 17.8 Å². The van der Waals surface area contributed by atoms with E-state index in [0.29, 0.717) is 6.54 Å². The third-order valence-corrected chi connectivity index (χ3v) is 5.69. The zero-order valence-electron chi connectivity index (χ0n) is 17.7. The summed E-state index contributed by atoms with van der Waals surface area (Å²) >= 11 is 1.85. The van der Waals surface area contributed by atoms with E-state index in [-0.39, 0.29) is 24.0 Å². The summed E-state index contributed by atoms with van der Waals surface area (Å²) < 4.78 is 5.44. The lowest BCUT2D eigenvalue weighted by Gasteiger charge is -2.26. The van der Waals surface area contributed by atoms with Crippen LogP contribution in [0.15, 0.2) is 64.5 Å². The maximum Gasteiger partial charge on any atom is 0.191 e. The van der Waals surface area contributed by atoms with Crippen LogP contribution < -0.4 is 10.6 Å². The molecule has 3 rings (SSSR count). The van der Waals surface area contributed by atoms with Crippen LogP contribution in [-0.2, 0) is 17.8 Å². The molecule has 2 aromatic carbocycles. The van der Waals surface area contributed by atoms with Gasteiger partial charge in [-0.05, 0) is 30.2 Å². The van der Waals surface area contributed by atoms with Crippen molar-refractivity contribution < 1.29 is 4.74 Å². The number of ether oxygens (including phenoxy) is 1. The van der Waals surface area contributed by atoms with E-state index in [9.17, 15) is 0 Å². The predicted octanol–water partition coefficient (Wildman–Crippen LogP) is 3.98. The number of hydrogen-bond acceptors (Lipinski definition) is 4. The van der Waals surface area contributed by atoms with E-state index >= 15 is 0 Å². The Morgan fingerprint density at radius 2 is 1.80 bits per heavy atom. The molecule has 1 fully saturated rings. The van der Waals surface area contributed by atoms with Crippen LogP contribution in [-0.4, -0.2) is 56.0 Å². The molecule has 0 spiro atoms. The Hall–Kier alpha value is -1.29. The smallest absolute Gasteiger partial charge is 0.191 e. The van der Waals surface area contributed by atoms with Crippen molar-refractivity contribution in [1.29, 1.82) is 0 Å². The van der Waals surface area contributed by atoms with Gasteiger partial charge in [0.05, 0.1) is 19.8 Å². The maximum absolute atomic E-state index is 5.44. The molecule has 0 saturated carbocycles. The molecular formula is C23H33IN4OS. The Balaban J connectivity index is 0.00000320. The van der Waals surface area contributed by atoms with Crippen molar-refractivity contribution in [2.45, 2.75) is 24.9 Å². The minimum atomic E-state index is 0. The topological polar surface area (TPSA) is 48.9 Å². The van der Waals surface area contributed by atoms with Gasteiger partial charge in [0.1, 0.15) is 0 Å². The van der Waals surface area contributed by atoms with Crippen LogP contribution in [0.1, 0.15) is 18.1 Å². The van der Waals surface area contributed by atoms with Crippen LogP contribution in [0, 0.1) is 0 Å². The third kappa shape index (κ3) is 9.24. The quantitative estimate of drug-likeness (QED) is 0.166. The number of hydrogen-bond donors (Lipinski definition) is 2. The lowest BCUT2D eigenvalue weighted by molar-refractivity contribution is 0.0342. The summed E-state index contributed by atoms with van der Waals surface area (Å²) in [5, 5.41) is 6.78. The molecule has 1 saturated heterocycles. The SMILES string of the molecule is CCNC(=NCc1cccc(CN2CCOCC2)c1)NCCSc1ccccc1.I. The molecule has 1 aliphatic heterocycles. The normalized spacial score (nSPS) is 14.8. The van der Waals surface area contributed by atoms with Crippen molar-refractivity contribution in [3.8, 4) is 0 Å². The monoisotopic (exact) mass is 540 g/mol. The Morgan fingerprint density at radius 3 is 2.57 bits per heavy atom. The first-order valence-electron chi connectivity index (χ1n) is 10.4. The highest BCUT2D eigenvalue weighted by atomic mass is 127. The van der Waals surface area contributed by atoms with Gasteiger partial charge in [-0.1, -0.05) is 42.5 Å². The van der Waals surface area contributed by atoms with Crippen molar-refractivity contribution in [2.75, 3.05) is 45.1 Å². The standard InChI is InChI=1S/C23H32N4OS.HI/c1-2-24-23(25-11-16-29-22-9-4-3-5-10-22)26-18-20-7-6-8-21(17-20)19-27-12-14-28-15-13-27;/h3-10,17H,2,11-16,18-19H2,1H3,(H2,24,25,26);1H. The molecule has 1 aliphatic rings. The summed E-state index contributed by atoms with van der Waals surface area (Å²) in [7, 11) is 0. The molecule has 30 heavy (non-hydrogen) atoms. The molecule has 0 aromatic heterocycles. The molecule has 0 unspecified atom stereocenters. The first-order valence-corrected chi connectivity index (χ1v) is 11.4. The van der Waals surface area contributed by atoms with Gasteiger partial charge in [-0.15, -0.1) is 35.7 Å². The highest BCUT2D eigenvalue weighted by Crippen LogP contribution is 2.15. The minimum absolute atomic E-state index is 0. The second-order valence-corrected chi connectivity index (χ2v) is 8.16. The predicted molar refractivity (Wildman–Crippen MR) is 138 cm³/mol. The average molecular weight is 541 g/mol. The van der Waals surface area contributed by atoms with Gasteiger partial charge in [0.2, 0.25) is 0 Å². The summed E-state index contributed by atoms with van der Waals surface area (Å²) in [6, 6.07) is 19.3. The molecule has 7 heteroatoms. The van der Waals surface area contributed by atoms with E-state index in [0.717, 1.165) is 57.6 Å². The van der Waals surface area contributed by atoms with E-state index < -0.39 is 0 Å². The van der Waals surface area contributed by atoms with Crippen molar-refractivity contribution in [3.05, 3.63) is 65.7 Å². The third-order valence-electron chi connectivity index (χ3n) is 4.67. The number of aliphatic imine (C=N–C) groups is 1. The molecular weight excluding hydrogens is 507 g/mol. The summed E-state index contributed by atoms with van der Waals surface area (Å²) in [6.45, 7) is 9.19. The number of rotatable bonds is 9. The maximum atomic E-state index is 5.44. The van der Waals surface area contributed by atoms with Crippen LogP contribution in [0.25, 0.3) is 0 Å². The van der Waals surface area contributed by atoms with Crippen molar-refractivity contribution in [1.82, 2.24) is 15.5 Å². The van der Waals surface area contributed by atoms with Crippen molar-refractivity contribution in [2.24, 2.45) is 4.99 Å². The largest absolute Gasteiger partial charge is 0.379 e. The second kappa shape index (κ2) is 14.7. The molecule has 0 amide bonds. The molecule has 1 heterocycles. The van der Waals surface area contributed by atoms with Gasteiger partial charge in [-0.25, -0.2) is 4.99 Å². The fourth-order valence-corrected chi connectivity index (χ4v) is 4.00. The summed E-state index contributed by atoms with van der Waals surface area (Å²) in [5.74, 6) is 1.88. The Morgan fingerprint density at radius 1 is 1.03 bits per heavy atom. The lowest BCUT2D eigenvalue weighted by Crippen LogP contribution is -2.38.